The number of alkyl halides is 2. The summed E-state index contributed by atoms with van der Waals surface area (Å²) in [4.78, 5) is 10.8. The number of halogens is 2. The lowest BCUT2D eigenvalue weighted by molar-refractivity contribution is -0.117. The van der Waals surface area contributed by atoms with Gasteiger partial charge in [0.15, 0.2) is 0 Å². The van der Waals surface area contributed by atoms with E-state index < -0.39 is 0 Å². The molecule has 0 bridgehead atoms. The van der Waals surface area contributed by atoms with Gasteiger partial charge in [-0.1, -0.05) is 0 Å². The Morgan fingerprint density at radius 2 is 1.71 bits per heavy atom. The van der Waals surface area contributed by atoms with E-state index in [2.05, 4.69) is 5.32 Å². The SMILES string of the molecule is O=C(CCl)CCCOCCOCCNCCCl. The number of carbonyl (C=O) groups is 1. The molecule has 0 heterocycles. The summed E-state index contributed by atoms with van der Waals surface area (Å²) in [6.07, 6.45) is 1.22. The number of hydrogen-bond donors (Lipinski definition) is 1. The van der Waals surface area contributed by atoms with Gasteiger partial charge >= 0.3 is 0 Å². The molecule has 1 N–H and O–H groups in total. The third-order valence-corrected chi connectivity index (χ3v) is 2.45. The van der Waals surface area contributed by atoms with Crippen molar-refractivity contribution in [2.24, 2.45) is 0 Å². The van der Waals surface area contributed by atoms with Crippen LogP contribution in [-0.4, -0.2) is 57.1 Å². The molecular formula is C11H21Cl2NO3. The Morgan fingerprint density at radius 1 is 1.00 bits per heavy atom. The summed E-state index contributed by atoms with van der Waals surface area (Å²) >= 11 is 10.9. The van der Waals surface area contributed by atoms with Crippen molar-refractivity contribution in [3.63, 3.8) is 0 Å². The second-order valence-electron chi connectivity index (χ2n) is 3.44. The fraction of sp³-hybridized carbons (Fsp3) is 0.909. The van der Waals surface area contributed by atoms with Crippen molar-refractivity contribution in [3.8, 4) is 0 Å². The molecule has 0 aromatic carbocycles. The molecule has 6 heteroatoms. The first-order valence-corrected chi connectivity index (χ1v) is 6.88. The molecule has 4 nitrogen and oxygen atoms in total. The maximum absolute atomic E-state index is 10.8. The van der Waals surface area contributed by atoms with Crippen LogP contribution in [0.3, 0.4) is 0 Å². The molecule has 0 aromatic heterocycles. The highest BCUT2D eigenvalue weighted by molar-refractivity contribution is 6.27. The van der Waals surface area contributed by atoms with Gasteiger partial charge in [0.2, 0.25) is 0 Å². The molecule has 0 aliphatic heterocycles. The summed E-state index contributed by atoms with van der Waals surface area (Å²) < 4.78 is 10.6. The Bertz CT molecular complexity index is 182. The lowest BCUT2D eigenvalue weighted by Gasteiger charge is -2.06. The summed E-state index contributed by atoms with van der Waals surface area (Å²) in [5.74, 6) is 0.777. The van der Waals surface area contributed by atoms with Gasteiger partial charge in [0, 0.05) is 32.0 Å². The van der Waals surface area contributed by atoms with Crippen molar-refractivity contribution in [2.45, 2.75) is 12.8 Å². The van der Waals surface area contributed by atoms with Crippen LogP contribution >= 0.6 is 23.2 Å². The second kappa shape index (κ2) is 14.2. The lowest BCUT2D eigenvalue weighted by Crippen LogP contribution is -2.22. The van der Waals surface area contributed by atoms with E-state index in [1.807, 2.05) is 0 Å². The minimum Gasteiger partial charge on any atom is -0.379 e. The standard InChI is InChI=1S/C11H21Cl2NO3/c12-3-4-14-5-7-17-9-8-16-6-1-2-11(15)10-13/h14H,1-10H2. The minimum absolute atomic E-state index is 0.0666. The second-order valence-corrected chi connectivity index (χ2v) is 4.08. The van der Waals surface area contributed by atoms with Crippen LogP contribution in [0.5, 0.6) is 0 Å². The van der Waals surface area contributed by atoms with E-state index in [0.717, 1.165) is 19.5 Å². The topological polar surface area (TPSA) is 47.6 Å². The van der Waals surface area contributed by atoms with Gasteiger partial charge in [0.1, 0.15) is 5.78 Å². The van der Waals surface area contributed by atoms with Crippen molar-refractivity contribution in [1.82, 2.24) is 5.32 Å². The van der Waals surface area contributed by atoms with Gasteiger partial charge in [-0.05, 0) is 6.42 Å². The first-order valence-electron chi connectivity index (χ1n) is 5.81. The van der Waals surface area contributed by atoms with Gasteiger partial charge in [-0.3, -0.25) is 4.79 Å². The van der Waals surface area contributed by atoms with Crippen LogP contribution in [0.1, 0.15) is 12.8 Å². The van der Waals surface area contributed by atoms with Crippen LogP contribution < -0.4 is 5.32 Å². The van der Waals surface area contributed by atoms with Crippen LogP contribution in [0.15, 0.2) is 0 Å². The van der Waals surface area contributed by atoms with Crippen LogP contribution in [0.25, 0.3) is 0 Å². The minimum atomic E-state index is 0.0666. The highest BCUT2D eigenvalue weighted by atomic mass is 35.5. The zero-order valence-corrected chi connectivity index (χ0v) is 11.6. The number of ether oxygens (including phenoxy) is 2. The Kier molecular flexibility index (Phi) is 14.3. The highest BCUT2D eigenvalue weighted by Crippen LogP contribution is 1.94. The number of carbonyl (C=O) groups excluding carboxylic acids is 1. The summed E-state index contributed by atoms with van der Waals surface area (Å²) in [5, 5.41) is 3.12. The third-order valence-electron chi connectivity index (χ3n) is 1.96. The van der Waals surface area contributed by atoms with Crippen molar-refractivity contribution in [3.05, 3.63) is 0 Å². The maximum Gasteiger partial charge on any atom is 0.147 e. The fourth-order valence-electron chi connectivity index (χ4n) is 1.10. The molecule has 0 radical (unpaired) electrons. The van der Waals surface area contributed by atoms with E-state index in [1.165, 1.54) is 0 Å². The van der Waals surface area contributed by atoms with E-state index in [-0.39, 0.29) is 11.7 Å². The van der Waals surface area contributed by atoms with Gasteiger partial charge < -0.3 is 14.8 Å². The Balaban J connectivity index is 2.96. The number of ketones is 1. The smallest absolute Gasteiger partial charge is 0.147 e. The number of Topliss-reactive ketones (excluding diaryl/α,β-unsaturated/α-hetero) is 1. The van der Waals surface area contributed by atoms with E-state index >= 15 is 0 Å². The van der Waals surface area contributed by atoms with Gasteiger partial charge in [-0.15, -0.1) is 23.2 Å². The van der Waals surface area contributed by atoms with E-state index in [0.29, 0.717) is 38.7 Å². The number of hydrogen-bond acceptors (Lipinski definition) is 4. The van der Waals surface area contributed by atoms with E-state index in [1.54, 1.807) is 0 Å². The van der Waals surface area contributed by atoms with Gasteiger partial charge in [0.25, 0.3) is 0 Å². The maximum atomic E-state index is 10.8. The average molecular weight is 286 g/mol. The first-order chi connectivity index (χ1) is 8.31. The predicted molar refractivity (Wildman–Crippen MR) is 70.2 cm³/mol. The fourth-order valence-corrected chi connectivity index (χ4v) is 1.36. The van der Waals surface area contributed by atoms with Crippen LogP contribution in [0.2, 0.25) is 0 Å². The molecule has 0 aromatic rings. The molecule has 0 fully saturated rings. The predicted octanol–water partition coefficient (Wildman–Crippen LogP) is 1.44. The lowest BCUT2D eigenvalue weighted by atomic mass is 10.2. The largest absolute Gasteiger partial charge is 0.379 e. The number of rotatable bonds is 13. The normalized spacial score (nSPS) is 10.7. The van der Waals surface area contributed by atoms with Crippen molar-refractivity contribution in [1.29, 1.82) is 0 Å². The van der Waals surface area contributed by atoms with Crippen LogP contribution in [0.4, 0.5) is 0 Å². The molecule has 0 amide bonds. The summed E-state index contributed by atoms with van der Waals surface area (Å²) in [7, 11) is 0. The average Bonchev–Trinajstić information content (AvgIpc) is 2.35. The molecule has 0 rings (SSSR count). The van der Waals surface area contributed by atoms with Crippen LogP contribution in [0, 0.1) is 0 Å². The molecule has 0 unspecified atom stereocenters. The summed E-state index contributed by atoms with van der Waals surface area (Å²) in [5.41, 5.74) is 0. The molecule has 102 valence electrons. The summed E-state index contributed by atoms with van der Waals surface area (Å²) in [6.45, 7) is 3.98. The Morgan fingerprint density at radius 3 is 2.35 bits per heavy atom. The molecular weight excluding hydrogens is 265 g/mol. The molecule has 0 atom stereocenters. The monoisotopic (exact) mass is 285 g/mol. The van der Waals surface area contributed by atoms with E-state index in [9.17, 15) is 4.79 Å². The molecule has 0 aliphatic rings. The van der Waals surface area contributed by atoms with Crippen molar-refractivity contribution < 1.29 is 14.3 Å². The summed E-state index contributed by atoms with van der Waals surface area (Å²) in [6, 6.07) is 0. The molecule has 0 saturated carbocycles. The quantitative estimate of drug-likeness (QED) is 0.411. The van der Waals surface area contributed by atoms with Gasteiger partial charge in [-0.2, -0.15) is 0 Å². The zero-order chi connectivity index (χ0) is 12.8. The Hall–Kier alpha value is 0.130. The Labute approximate surface area is 113 Å². The van der Waals surface area contributed by atoms with Gasteiger partial charge in [0.05, 0.1) is 25.7 Å². The van der Waals surface area contributed by atoms with Crippen molar-refractivity contribution >= 4 is 29.0 Å². The van der Waals surface area contributed by atoms with Gasteiger partial charge in [-0.25, -0.2) is 0 Å². The molecule has 0 spiro atoms. The third kappa shape index (κ3) is 14.1. The molecule has 17 heavy (non-hydrogen) atoms. The molecule has 0 saturated heterocycles. The molecule has 0 aliphatic carbocycles. The highest BCUT2D eigenvalue weighted by Gasteiger charge is 1.98. The zero-order valence-electron chi connectivity index (χ0n) is 10.1. The van der Waals surface area contributed by atoms with E-state index in [4.69, 9.17) is 32.7 Å². The number of nitrogens with one attached hydrogen (secondary N) is 1. The van der Waals surface area contributed by atoms with Crippen LogP contribution in [-0.2, 0) is 14.3 Å². The first kappa shape index (κ1) is 17.1. The van der Waals surface area contributed by atoms with Crippen molar-refractivity contribution in [2.75, 3.05) is 51.3 Å².